The first-order chi connectivity index (χ1) is 17.5. The zero-order valence-electron chi connectivity index (χ0n) is 21.9. The average molecular weight is 490 g/mol. The number of hydrogen-bond donors (Lipinski definition) is 1. The fraction of sp³-hybridized carbons (Fsp3) is 0.645. The van der Waals surface area contributed by atoms with Crippen molar-refractivity contribution in [2.24, 2.45) is 29.4 Å². The van der Waals surface area contributed by atoms with Gasteiger partial charge in [-0.25, -0.2) is 0 Å². The number of ketones is 1. The number of amides is 1. The highest BCUT2D eigenvalue weighted by atomic mass is 16.2. The summed E-state index contributed by atoms with van der Waals surface area (Å²) >= 11 is 0. The molecule has 0 spiro atoms. The molecule has 2 aliphatic carbocycles. The molecule has 2 aromatic rings. The van der Waals surface area contributed by atoms with Crippen LogP contribution >= 0.6 is 0 Å². The maximum Gasteiger partial charge on any atom is 0.226 e. The van der Waals surface area contributed by atoms with Crippen molar-refractivity contribution < 1.29 is 9.59 Å². The summed E-state index contributed by atoms with van der Waals surface area (Å²) in [6.45, 7) is 2.90. The van der Waals surface area contributed by atoms with E-state index in [0.717, 1.165) is 61.5 Å². The molecule has 2 N–H and O–H groups in total. The molecule has 0 radical (unpaired) electrons. The summed E-state index contributed by atoms with van der Waals surface area (Å²) in [7, 11) is 0. The van der Waals surface area contributed by atoms with Crippen molar-refractivity contribution in [3.8, 4) is 0 Å². The summed E-state index contributed by atoms with van der Waals surface area (Å²) < 4.78 is 0. The van der Waals surface area contributed by atoms with Crippen molar-refractivity contribution in [3.63, 3.8) is 0 Å². The summed E-state index contributed by atoms with van der Waals surface area (Å²) in [5.74, 6) is 1.93. The van der Waals surface area contributed by atoms with Crippen molar-refractivity contribution in [3.05, 3.63) is 42.1 Å². The number of aromatic nitrogens is 1. The molecular formula is C31H43N3O2. The molecule has 5 nitrogen and oxygen atoms in total. The number of carbonyl (C=O) groups excluding carboxylic acids is 2. The molecular weight excluding hydrogens is 446 g/mol. The lowest BCUT2D eigenvalue weighted by atomic mass is 9.75. The number of Topliss-reactive ketones (excluding diaryl/α,β-unsaturated/α-hetero) is 1. The molecule has 1 amide bonds. The lowest BCUT2D eigenvalue weighted by Crippen LogP contribution is -2.48. The summed E-state index contributed by atoms with van der Waals surface area (Å²) in [4.78, 5) is 34.2. The summed E-state index contributed by atoms with van der Waals surface area (Å²) in [5.41, 5.74) is 8.29. The van der Waals surface area contributed by atoms with Gasteiger partial charge in [0.2, 0.25) is 5.91 Å². The SMILES string of the molecule is CCC(N)C1CCC(C(=O)N2CC[C@@H](C3CCCCC3)[C@H]2C(=O)Cc2ccc3ncccc3c2)CC1. The molecule has 5 heteroatoms. The molecule has 2 saturated carbocycles. The van der Waals surface area contributed by atoms with Crippen molar-refractivity contribution in [1.82, 2.24) is 9.88 Å². The molecule has 3 aliphatic rings. The van der Waals surface area contributed by atoms with E-state index in [1.54, 1.807) is 6.20 Å². The van der Waals surface area contributed by atoms with Crippen LogP contribution in [-0.4, -0.2) is 40.2 Å². The van der Waals surface area contributed by atoms with E-state index in [1.807, 2.05) is 29.2 Å². The molecule has 194 valence electrons. The van der Waals surface area contributed by atoms with Crippen LogP contribution in [0.3, 0.4) is 0 Å². The second kappa shape index (κ2) is 11.4. The standard InChI is InChI=1S/C31H43N3O2/c1-2-27(32)23-11-13-24(14-12-23)31(36)34-18-16-26(22-7-4-3-5-8-22)30(34)29(35)20-21-10-15-28-25(19-21)9-6-17-33-28/h6,9-10,15,17,19,22-24,26-27,30H,2-5,7-8,11-14,16,18,20,32H2,1H3/t23?,24?,26-,27?,30-/m0/s1. The number of benzene rings is 1. The maximum atomic E-state index is 14.0. The average Bonchev–Trinajstić information content (AvgIpc) is 3.38. The Hall–Kier alpha value is -2.27. The van der Waals surface area contributed by atoms with Crippen LogP contribution in [0.15, 0.2) is 36.5 Å². The predicted octanol–water partition coefficient (Wildman–Crippen LogP) is 5.69. The molecule has 36 heavy (non-hydrogen) atoms. The molecule has 1 saturated heterocycles. The van der Waals surface area contributed by atoms with Gasteiger partial charge in [-0.2, -0.15) is 0 Å². The van der Waals surface area contributed by atoms with E-state index in [1.165, 1.54) is 32.1 Å². The Morgan fingerprint density at radius 1 is 1.03 bits per heavy atom. The summed E-state index contributed by atoms with van der Waals surface area (Å²) in [6, 6.07) is 10.1. The fourth-order valence-electron chi connectivity index (χ4n) is 7.43. The van der Waals surface area contributed by atoms with Gasteiger partial charge in [0.15, 0.2) is 5.78 Å². The third-order valence-electron chi connectivity index (χ3n) is 9.56. The maximum absolute atomic E-state index is 14.0. The van der Waals surface area contributed by atoms with E-state index >= 15 is 0 Å². The lowest BCUT2D eigenvalue weighted by Gasteiger charge is -2.37. The minimum atomic E-state index is -0.263. The molecule has 1 aliphatic heterocycles. The zero-order valence-corrected chi connectivity index (χ0v) is 21.9. The van der Waals surface area contributed by atoms with Crippen LogP contribution in [0.4, 0.5) is 0 Å². The number of fused-ring (bicyclic) bond motifs is 1. The van der Waals surface area contributed by atoms with Crippen LogP contribution in [0.25, 0.3) is 10.9 Å². The van der Waals surface area contributed by atoms with Crippen LogP contribution in [0.2, 0.25) is 0 Å². The van der Waals surface area contributed by atoms with Gasteiger partial charge in [0.25, 0.3) is 0 Å². The van der Waals surface area contributed by atoms with Crippen molar-refractivity contribution in [2.45, 2.75) is 96.1 Å². The summed E-state index contributed by atoms with van der Waals surface area (Å²) in [5, 5.41) is 1.06. The number of hydrogen-bond acceptors (Lipinski definition) is 4. The molecule has 3 atom stereocenters. The van der Waals surface area contributed by atoms with Crippen LogP contribution in [0.1, 0.15) is 83.1 Å². The third-order valence-corrected chi connectivity index (χ3v) is 9.56. The highest BCUT2D eigenvalue weighted by Gasteiger charge is 2.46. The lowest BCUT2D eigenvalue weighted by molar-refractivity contribution is -0.143. The largest absolute Gasteiger partial charge is 0.332 e. The van der Waals surface area contributed by atoms with Gasteiger partial charge in [-0.05, 0) is 80.0 Å². The highest BCUT2D eigenvalue weighted by molar-refractivity contribution is 5.92. The second-order valence-electron chi connectivity index (χ2n) is 11.7. The van der Waals surface area contributed by atoms with Crippen LogP contribution < -0.4 is 5.73 Å². The monoisotopic (exact) mass is 489 g/mol. The van der Waals surface area contributed by atoms with Crippen LogP contribution in [0, 0.1) is 23.7 Å². The second-order valence-corrected chi connectivity index (χ2v) is 11.7. The van der Waals surface area contributed by atoms with E-state index in [-0.39, 0.29) is 29.7 Å². The zero-order chi connectivity index (χ0) is 25.1. The number of carbonyl (C=O) groups is 2. The molecule has 1 unspecified atom stereocenters. The Morgan fingerprint density at radius 3 is 2.56 bits per heavy atom. The van der Waals surface area contributed by atoms with Gasteiger partial charge in [0.1, 0.15) is 0 Å². The fourth-order valence-corrected chi connectivity index (χ4v) is 7.43. The number of nitrogens with zero attached hydrogens (tertiary/aromatic N) is 2. The van der Waals surface area contributed by atoms with Gasteiger partial charge in [-0.1, -0.05) is 51.2 Å². The van der Waals surface area contributed by atoms with Gasteiger partial charge in [-0.3, -0.25) is 14.6 Å². The Bertz CT molecular complexity index is 1050. The van der Waals surface area contributed by atoms with Crippen LogP contribution in [-0.2, 0) is 16.0 Å². The molecule has 0 bridgehead atoms. The molecule has 3 fully saturated rings. The van der Waals surface area contributed by atoms with Crippen molar-refractivity contribution >= 4 is 22.6 Å². The van der Waals surface area contributed by atoms with Gasteiger partial charge >= 0.3 is 0 Å². The normalized spacial score (nSPS) is 28.3. The van der Waals surface area contributed by atoms with E-state index < -0.39 is 0 Å². The first-order valence-electron chi connectivity index (χ1n) is 14.5. The summed E-state index contributed by atoms with van der Waals surface area (Å²) in [6.07, 6.45) is 14.3. The Labute approximate surface area is 216 Å². The molecule has 1 aromatic carbocycles. The Morgan fingerprint density at radius 2 is 1.81 bits per heavy atom. The molecule has 5 rings (SSSR count). The van der Waals surface area contributed by atoms with E-state index in [4.69, 9.17) is 5.73 Å². The van der Waals surface area contributed by atoms with E-state index in [0.29, 0.717) is 24.2 Å². The minimum absolute atomic E-state index is 0.0532. The van der Waals surface area contributed by atoms with Crippen LogP contribution in [0.5, 0.6) is 0 Å². The van der Waals surface area contributed by atoms with Gasteiger partial charge in [0.05, 0.1) is 11.6 Å². The van der Waals surface area contributed by atoms with Crippen molar-refractivity contribution in [2.75, 3.05) is 6.54 Å². The highest BCUT2D eigenvalue weighted by Crippen LogP contribution is 2.41. The van der Waals surface area contributed by atoms with Gasteiger partial charge < -0.3 is 10.6 Å². The Balaban J connectivity index is 1.33. The quantitative estimate of drug-likeness (QED) is 0.542. The first kappa shape index (κ1) is 25.4. The van der Waals surface area contributed by atoms with Gasteiger partial charge in [-0.15, -0.1) is 0 Å². The number of nitrogens with two attached hydrogens (primary N) is 1. The number of likely N-dealkylation sites (tertiary alicyclic amines) is 1. The topological polar surface area (TPSA) is 76.3 Å². The number of pyridine rings is 1. The third kappa shape index (κ3) is 5.37. The minimum Gasteiger partial charge on any atom is -0.332 e. The molecule has 1 aromatic heterocycles. The molecule has 2 heterocycles. The number of rotatable bonds is 7. The first-order valence-corrected chi connectivity index (χ1v) is 14.5. The van der Waals surface area contributed by atoms with E-state index in [2.05, 4.69) is 18.0 Å². The van der Waals surface area contributed by atoms with Gasteiger partial charge in [0, 0.05) is 36.5 Å². The van der Waals surface area contributed by atoms with E-state index in [9.17, 15) is 9.59 Å². The van der Waals surface area contributed by atoms with Crippen molar-refractivity contribution in [1.29, 1.82) is 0 Å². The Kier molecular flexibility index (Phi) is 8.05. The smallest absolute Gasteiger partial charge is 0.226 e. The predicted molar refractivity (Wildman–Crippen MR) is 144 cm³/mol.